The number of hydrogen-bond donors (Lipinski definition) is 1. The quantitative estimate of drug-likeness (QED) is 0.834. The molecule has 0 unspecified atom stereocenters. The van der Waals surface area contributed by atoms with E-state index in [9.17, 15) is 4.79 Å². The van der Waals surface area contributed by atoms with Crippen LogP contribution in [-0.4, -0.2) is 49.7 Å². The Balaban J connectivity index is 2.04. The summed E-state index contributed by atoms with van der Waals surface area (Å²) in [6, 6.07) is 6.39. The Labute approximate surface area is 146 Å². The van der Waals surface area contributed by atoms with Crippen LogP contribution in [0, 0.1) is 19.8 Å². The number of amides is 1. The van der Waals surface area contributed by atoms with E-state index < -0.39 is 0 Å². The molecule has 4 heteroatoms. The highest BCUT2D eigenvalue weighted by atomic mass is 16.5. The second kappa shape index (κ2) is 9.19. The smallest absolute Gasteiger partial charge is 0.251 e. The Morgan fingerprint density at radius 1 is 1.21 bits per heavy atom. The number of aryl methyl sites for hydroxylation is 2. The number of ether oxygens (including phenoxy) is 1. The topological polar surface area (TPSA) is 41.6 Å². The van der Waals surface area contributed by atoms with E-state index in [2.05, 4.69) is 37.1 Å². The summed E-state index contributed by atoms with van der Waals surface area (Å²) in [7, 11) is 0. The van der Waals surface area contributed by atoms with Gasteiger partial charge in [-0.3, -0.25) is 9.69 Å². The van der Waals surface area contributed by atoms with Crippen LogP contribution in [0.3, 0.4) is 0 Å². The van der Waals surface area contributed by atoms with Crippen LogP contribution in [0.5, 0.6) is 0 Å². The van der Waals surface area contributed by atoms with Gasteiger partial charge < -0.3 is 10.1 Å². The van der Waals surface area contributed by atoms with E-state index in [4.69, 9.17) is 4.74 Å². The first-order chi connectivity index (χ1) is 11.6. The standard InChI is InChI=1S/C20H32N2O2/c1-5-17(6-2)19(22-9-11-24-12-10-22)14-21-20(23)18-8-7-15(3)13-16(18)4/h7-8,13,17,19H,5-6,9-12,14H2,1-4H3,(H,21,23)/t19-/m0/s1. The van der Waals surface area contributed by atoms with Crippen LogP contribution >= 0.6 is 0 Å². The minimum absolute atomic E-state index is 0.0386. The van der Waals surface area contributed by atoms with Gasteiger partial charge in [0.05, 0.1) is 13.2 Å². The molecule has 0 saturated carbocycles. The second-order valence-corrected chi connectivity index (χ2v) is 6.82. The van der Waals surface area contributed by atoms with Crippen LogP contribution < -0.4 is 5.32 Å². The fourth-order valence-electron chi connectivity index (χ4n) is 3.70. The number of carbonyl (C=O) groups is 1. The molecule has 1 aromatic rings. The van der Waals surface area contributed by atoms with Crippen molar-refractivity contribution in [2.24, 2.45) is 5.92 Å². The van der Waals surface area contributed by atoms with Gasteiger partial charge in [-0.05, 0) is 31.4 Å². The molecule has 4 nitrogen and oxygen atoms in total. The Hall–Kier alpha value is -1.39. The van der Waals surface area contributed by atoms with E-state index in [1.165, 1.54) is 5.56 Å². The Morgan fingerprint density at radius 2 is 1.88 bits per heavy atom. The number of nitrogens with one attached hydrogen (secondary N) is 1. The average Bonchev–Trinajstić information content (AvgIpc) is 2.59. The number of hydrogen-bond acceptors (Lipinski definition) is 3. The zero-order chi connectivity index (χ0) is 17.5. The van der Waals surface area contributed by atoms with Crippen molar-refractivity contribution in [1.82, 2.24) is 10.2 Å². The van der Waals surface area contributed by atoms with Crippen molar-refractivity contribution >= 4 is 5.91 Å². The summed E-state index contributed by atoms with van der Waals surface area (Å²) < 4.78 is 5.49. The maximum Gasteiger partial charge on any atom is 0.251 e. The lowest BCUT2D eigenvalue weighted by atomic mass is 9.92. The summed E-state index contributed by atoms with van der Waals surface area (Å²) in [6.07, 6.45) is 2.27. The molecule has 1 aliphatic rings. The zero-order valence-electron chi connectivity index (χ0n) is 15.6. The van der Waals surface area contributed by atoms with Gasteiger partial charge in [0.25, 0.3) is 5.91 Å². The van der Waals surface area contributed by atoms with E-state index >= 15 is 0 Å². The molecular formula is C20H32N2O2. The molecule has 1 aromatic carbocycles. The van der Waals surface area contributed by atoms with Crippen molar-refractivity contribution in [1.29, 1.82) is 0 Å². The van der Waals surface area contributed by atoms with Gasteiger partial charge in [0, 0.05) is 31.2 Å². The van der Waals surface area contributed by atoms with Crippen LogP contribution in [0.2, 0.25) is 0 Å². The van der Waals surface area contributed by atoms with Crippen molar-refractivity contribution < 1.29 is 9.53 Å². The molecule has 1 fully saturated rings. The highest BCUT2D eigenvalue weighted by molar-refractivity contribution is 5.95. The maximum absolute atomic E-state index is 12.6. The molecule has 1 aliphatic heterocycles. The molecule has 0 radical (unpaired) electrons. The minimum Gasteiger partial charge on any atom is -0.379 e. The normalized spacial score (nSPS) is 17.0. The van der Waals surface area contributed by atoms with E-state index in [1.807, 2.05) is 19.1 Å². The molecule has 1 atom stereocenters. The van der Waals surface area contributed by atoms with Crippen molar-refractivity contribution in [2.45, 2.75) is 46.6 Å². The first-order valence-corrected chi connectivity index (χ1v) is 9.24. The van der Waals surface area contributed by atoms with Crippen LogP contribution in [0.1, 0.15) is 48.2 Å². The number of carbonyl (C=O) groups excluding carboxylic acids is 1. The highest BCUT2D eigenvalue weighted by Gasteiger charge is 2.27. The summed E-state index contributed by atoms with van der Waals surface area (Å²) in [5.74, 6) is 0.638. The molecule has 1 heterocycles. The molecule has 1 amide bonds. The van der Waals surface area contributed by atoms with Crippen molar-refractivity contribution in [2.75, 3.05) is 32.8 Å². The predicted octanol–water partition coefficient (Wildman–Crippen LogP) is 3.17. The van der Waals surface area contributed by atoms with E-state index in [0.29, 0.717) is 18.5 Å². The zero-order valence-corrected chi connectivity index (χ0v) is 15.6. The average molecular weight is 332 g/mol. The first-order valence-electron chi connectivity index (χ1n) is 9.24. The monoisotopic (exact) mass is 332 g/mol. The van der Waals surface area contributed by atoms with Crippen LogP contribution in [0.15, 0.2) is 18.2 Å². The number of rotatable bonds is 7. The molecule has 1 N–H and O–H groups in total. The third-order valence-electron chi connectivity index (χ3n) is 5.21. The SMILES string of the molecule is CCC(CC)[C@H](CNC(=O)c1ccc(C)cc1C)N1CCOCC1. The Kier molecular flexibility index (Phi) is 7.25. The molecule has 24 heavy (non-hydrogen) atoms. The van der Waals surface area contributed by atoms with Crippen molar-refractivity contribution in [3.8, 4) is 0 Å². The first kappa shape index (κ1) is 18.9. The van der Waals surface area contributed by atoms with Crippen molar-refractivity contribution in [3.05, 3.63) is 34.9 Å². The lowest BCUT2D eigenvalue weighted by molar-refractivity contribution is 0.00191. The second-order valence-electron chi connectivity index (χ2n) is 6.82. The third-order valence-corrected chi connectivity index (χ3v) is 5.21. The van der Waals surface area contributed by atoms with Gasteiger partial charge >= 0.3 is 0 Å². The summed E-state index contributed by atoms with van der Waals surface area (Å²) in [5.41, 5.74) is 3.01. The van der Waals surface area contributed by atoms with E-state index in [-0.39, 0.29) is 5.91 Å². The Morgan fingerprint density at radius 3 is 2.46 bits per heavy atom. The largest absolute Gasteiger partial charge is 0.379 e. The van der Waals surface area contributed by atoms with E-state index in [0.717, 1.165) is 50.3 Å². The molecule has 0 spiro atoms. The summed E-state index contributed by atoms with van der Waals surface area (Å²) in [6.45, 7) is 12.8. The summed E-state index contributed by atoms with van der Waals surface area (Å²) in [5, 5.41) is 3.18. The van der Waals surface area contributed by atoms with Crippen LogP contribution in [0.25, 0.3) is 0 Å². The van der Waals surface area contributed by atoms with Gasteiger partial charge in [-0.2, -0.15) is 0 Å². The molecule has 0 aliphatic carbocycles. The van der Waals surface area contributed by atoms with Gasteiger partial charge in [0.1, 0.15) is 0 Å². The van der Waals surface area contributed by atoms with Gasteiger partial charge in [-0.1, -0.05) is 44.4 Å². The van der Waals surface area contributed by atoms with Crippen LogP contribution in [-0.2, 0) is 4.74 Å². The van der Waals surface area contributed by atoms with E-state index in [1.54, 1.807) is 0 Å². The lowest BCUT2D eigenvalue weighted by Crippen LogP contribution is -2.52. The number of benzene rings is 1. The van der Waals surface area contributed by atoms with Gasteiger partial charge in [0.15, 0.2) is 0 Å². The molecule has 0 bridgehead atoms. The third kappa shape index (κ3) is 4.81. The number of morpholine rings is 1. The highest BCUT2D eigenvalue weighted by Crippen LogP contribution is 2.20. The summed E-state index contributed by atoms with van der Waals surface area (Å²) >= 11 is 0. The summed E-state index contributed by atoms with van der Waals surface area (Å²) in [4.78, 5) is 15.1. The fraction of sp³-hybridized carbons (Fsp3) is 0.650. The fourth-order valence-corrected chi connectivity index (χ4v) is 3.70. The van der Waals surface area contributed by atoms with Gasteiger partial charge in [0.2, 0.25) is 0 Å². The molecular weight excluding hydrogens is 300 g/mol. The molecule has 1 saturated heterocycles. The lowest BCUT2D eigenvalue weighted by Gasteiger charge is -2.38. The minimum atomic E-state index is 0.0386. The van der Waals surface area contributed by atoms with Gasteiger partial charge in [-0.15, -0.1) is 0 Å². The predicted molar refractivity (Wildman–Crippen MR) is 98.5 cm³/mol. The molecule has 0 aromatic heterocycles. The van der Waals surface area contributed by atoms with Gasteiger partial charge in [-0.25, -0.2) is 0 Å². The number of nitrogens with zero attached hydrogens (tertiary/aromatic N) is 1. The Bertz CT molecular complexity index is 534. The molecule has 134 valence electrons. The molecule has 2 rings (SSSR count). The van der Waals surface area contributed by atoms with Crippen molar-refractivity contribution in [3.63, 3.8) is 0 Å². The van der Waals surface area contributed by atoms with Crippen LogP contribution in [0.4, 0.5) is 0 Å². The maximum atomic E-state index is 12.6.